The van der Waals surface area contributed by atoms with E-state index in [1.807, 2.05) is 41.3 Å². The van der Waals surface area contributed by atoms with Crippen LogP contribution in [0.1, 0.15) is 29.5 Å². The molecule has 2 N–H and O–H groups in total. The Kier molecular flexibility index (Phi) is 9.93. The van der Waals surface area contributed by atoms with Gasteiger partial charge >= 0.3 is 0 Å². The molecule has 2 aromatic carbocycles. The second kappa shape index (κ2) is 12.4. The van der Waals surface area contributed by atoms with Gasteiger partial charge in [-0.3, -0.25) is 9.79 Å². The van der Waals surface area contributed by atoms with Gasteiger partial charge in [0.25, 0.3) is 0 Å². The summed E-state index contributed by atoms with van der Waals surface area (Å²) >= 11 is 0. The lowest BCUT2D eigenvalue weighted by atomic mass is 10.1. The average molecular weight is 522 g/mol. The summed E-state index contributed by atoms with van der Waals surface area (Å²) in [5.41, 5.74) is 3.56. The molecule has 162 valence electrons. The zero-order valence-electron chi connectivity index (χ0n) is 17.7. The summed E-state index contributed by atoms with van der Waals surface area (Å²) in [7, 11) is 1.75. The SMILES string of the molecule is CN=C(NCCOc1ccc(C)cc1)NCc1ccccc1CN1CCCC1=O.I. The van der Waals surface area contributed by atoms with Crippen LogP contribution in [0.15, 0.2) is 53.5 Å². The Bertz CT molecular complexity index is 839. The molecule has 1 amide bonds. The largest absolute Gasteiger partial charge is 0.492 e. The minimum atomic E-state index is 0. The maximum atomic E-state index is 11.9. The number of aryl methyl sites for hydroxylation is 1. The van der Waals surface area contributed by atoms with E-state index in [1.54, 1.807) is 7.05 Å². The predicted octanol–water partition coefficient (Wildman–Crippen LogP) is 3.48. The van der Waals surface area contributed by atoms with Crippen LogP contribution < -0.4 is 15.4 Å². The summed E-state index contributed by atoms with van der Waals surface area (Å²) in [5.74, 6) is 1.84. The van der Waals surface area contributed by atoms with Crippen LogP contribution in [0.3, 0.4) is 0 Å². The molecule has 1 saturated heterocycles. The summed E-state index contributed by atoms with van der Waals surface area (Å²) < 4.78 is 5.74. The lowest BCUT2D eigenvalue weighted by molar-refractivity contribution is -0.128. The van der Waals surface area contributed by atoms with Crippen molar-refractivity contribution >= 4 is 35.8 Å². The number of hydrogen-bond donors (Lipinski definition) is 2. The molecule has 0 unspecified atom stereocenters. The van der Waals surface area contributed by atoms with Crippen LogP contribution in [0.25, 0.3) is 0 Å². The van der Waals surface area contributed by atoms with E-state index < -0.39 is 0 Å². The standard InChI is InChI=1S/C23H30N4O2.HI/c1-18-9-11-21(12-10-18)29-15-13-25-23(24-2)26-16-19-6-3-4-7-20(19)17-27-14-5-8-22(27)28;/h3-4,6-7,9-12H,5,8,13-17H2,1-2H3,(H2,24,25,26);1H. The molecule has 0 spiro atoms. The third-order valence-electron chi connectivity index (χ3n) is 5.01. The number of guanidine groups is 1. The molecule has 1 aliphatic heterocycles. The molecule has 7 heteroatoms. The Balaban J connectivity index is 0.00000320. The van der Waals surface area contributed by atoms with Crippen LogP contribution in [0, 0.1) is 6.92 Å². The highest BCUT2D eigenvalue weighted by Gasteiger charge is 2.20. The van der Waals surface area contributed by atoms with Crippen molar-refractivity contribution in [2.24, 2.45) is 4.99 Å². The Labute approximate surface area is 196 Å². The summed E-state index contributed by atoms with van der Waals surface area (Å²) in [5, 5.41) is 6.62. The van der Waals surface area contributed by atoms with Crippen LogP contribution in [0.5, 0.6) is 5.75 Å². The number of benzene rings is 2. The van der Waals surface area contributed by atoms with Crippen molar-refractivity contribution in [3.63, 3.8) is 0 Å². The fraction of sp³-hybridized carbons (Fsp3) is 0.391. The number of aliphatic imine (C=N–C) groups is 1. The molecule has 1 fully saturated rings. The van der Waals surface area contributed by atoms with Gasteiger partial charge in [-0.2, -0.15) is 0 Å². The number of halogens is 1. The van der Waals surface area contributed by atoms with E-state index >= 15 is 0 Å². The number of nitrogens with zero attached hydrogens (tertiary/aromatic N) is 2. The van der Waals surface area contributed by atoms with Crippen molar-refractivity contribution in [3.05, 3.63) is 65.2 Å². The summed E-state index contributed by atoms with van der Waals surface area (Å²) in [4.78, 5) is 18.2. The minimum Gasteiger partial charge on any atom is -0.492 e. The number of carbonyl (C=O) groups excluding carboxylic acids is 1. The predicted molar refractivity (Wildman–Crippen MR) is 131 cm³/mol. The lowest BCUT2D eigenvalue weighted by Gasteiger charge is -2.19. The van der Waals surface area contributed by atoms with E-state index in [0.717, 1.165) is 24.7 Å². The van der Waals surface area contributed by atoms with Gasteiger partial charge in [-0.15, -0.1) is 24.0 Å². The first-order chi connectivity index (χ1) is 14.2. The van der Waals surface area contributed by atoms with Gasteiger partial charge in [0.15, 0.2) is 5.96 Å². The molecule has 6 nitrogen and oxygen atoms in total. The monoisotopic (exact) mass is 522 g/mol. The molecule has 3 rings (SSSR count). The van der Waals surface area contributed by atoms with Gasteiger partial charge in [-0.1, -0.05) is 42.0 Å². The summed E-state index contributed by atoms with van der Waals surface area (Å²) in [6.07, 6.45) is 1.63. The first-order valence-electron chi connectivity index (χ1n) is 10.1. The van der Waals surface area contributed by atoms with E-state index in [0.29, 0.717) is 32.7 Å². The van der Waals surface area contributed by atoms with Crippen LogP contribution in [-0.2, 0) is 17.9 Å². The van der Waals surface area contributed by atoms with E-state index in [-0.39, 0.29) is 29.9 Å². The molecular weight excluding hydrogens is 491 g/mol. The number of carbonyl (C=O) groups is 1. The second-order valence-corrected chi connectivity index (χ2v) is 7.20. The van der Waals surface area contributed by atoms with Gasteiger partial charge in [-0.05, 0) is 36.6 Å². The molecule has 0 atom stereocenters. The third kappa shape index (κ3) is 7.19. The van der Waals surface area contributed by atoms with Gasteiger partial charge in [0.1, 0.15) is 12.4 Å². The Morgan fingerprint density at radius 3 is 2.50 bits per heavy atom. The first-order valence-corrected chi connectivity index (χ1v) is 10.1. The van der Waals surface area contributed by atoms with Gasteiger partial charge in [0.2, 0.25) is 5.91 Å². The Hall–Kier alpha value is -2.29. The molecule has 0 aliphatic carbocycles. The smallest absolute Gasteiger partial charge is 0.222 e. The highest BCUT2D eigenvalue weighted by Crippen LogP contribution is 2.17. The zero-order chi connectivity index (χ0) is 20.5. The molecule has 0 saturated carbocycles. The maximum absolute atomic E-state index is 11.9. The quantitative estimate of drug-likeness (QED) is 0.241. The first kappa shape index (κ1) is 24.0. The molecule has 2 aromatic rings. The van der Waals surface area contributed by atoms with Crippen molar-refractivity contribution in [2.45, 2.75) is 32.9 Å². The molecule has 30 heavy (non-hydrogen) atoms. The van der Waals surface area contributed by atoms with Crippen molar-refractivity contribution in [1.29, 1.82) is 0 Å². The highest BCUT2D eigenvalue weighted by molar-refractivity contribution is 14.0. The number of amides is 1. The van der Waals surface area contributed by atoms with Crippen LogP contribution in [0.2, 0.25) is 0 Å². The van der Waals surface area contributed by atoms with Gasteiger partial charge in [0, 0.05) is 33.1 Å². The number of likely N-dealkylation sites (tertiary alicyclic amines) is 1. The van der Waals surface area contributed by atoms with Crippen LogP contribution in [0.4, 0.5) is 0 Å². The number of hydrogen-bond acceptors (Lipinski definition) is 3. The molecule has 0 radical (unpaired) electrons. The molecule has 1 heterocycles. The van der Waals surface area contributed by atoms with Gasteiger partial charge < -0.3 is 20.3 Å². The van der Waals surface area contributed by atoms with Crippen LogP contribution >= 0.6 is 24.0 Å². The zero-order valence-corrected chi connectivity index (χ0v) is 20.0. The molecule has 0 bridgehead atoms. The number of nitrogens with one attached hydrogen (secondary N) is 2. The van der Waals surface area contributed by atoms with Crippen molar-refractivity contribution in [1.82, 2.24) is 15.5 Å². The molecule has 1 aliphatic rings. The topological polar surface area (TPSA) is 66.0 Å². The fourth-order valence-corrected chi connectivity index (χ4v) is 3.33. The van der Waals surface area contributed by atoms with E-state index in [2.05, 4.69) is 34.7 Å². The number of ether oxygens (including phenoxy) is 1. The van der Waals surface area contributed by atoms with Crippen LogP contribution in [-0.4, -0.2) is 43.5 Å². The number of rotatable bonds is 8. The van der Waals surface area contributed by atoms with Crippen molar-refractivity contribution in [2.75, 3.05) is 26.7 Å². The average Bonchev–Trinajstić information content (AvgIpc) is 3.14. The normalized spacial score (nSPS) is 13.7. The van der Waals surface area contributed by atoms with E-state index in [1.165, 1.54) is 16.7 Å². The summed E-state index contributed by atoms with van der Waals surface area (Å²) in [6.45, 7) is 5.44. The maximum Gasteiger partial charge on any atom is 0.222 e. The Morgan fingerprint density at radius 1 is 1.10 bits per heavy atom. The van der Waals surface area contributed by atoms with Gasteiger partial charge in [0.05, 0.1) is 6.54 Å². The van der Waals surface area contributed by atoms with Crippen molar-refractivity contribution < 1.29 is 9.53 Å². The van der Waals surface area contributed by atoms with Gasteiger partial charge in [-0.25, -0.2) is 0 Å². The highest BCUT2D eigenvalue weighted by atomic mass is 127. The fourth-order valence-electron chi connectivity index (χ4n) is 3.33. The third-order valence-corrected chi connectivity index (χ3v) is 5.01. The second-order valence-electron chi connectivity index (χ2n) is 7.20. The van der Waals surface area contributed by atoms with E-state index in [9.17, 15) is 4.79 Å². The minimum absolute atomic E-state index is 0. The Morgan fingerprint density at radius 2 is 1.83 bits per heavy atom. The summed E-state index contributed by atoms with van der Waals surface area (Å²) in [6, 6.07) is 16.3. The lowest BCUT2D eigenvalue weighted by Crippen LogP contribution is -2.39. The van der Waals surface area contributed by atoms with E-state index in [4.69, 9.17) is 4.74 Å². The molecule has 0 aromatic heterocycles. The molecular formula is C23H31IN4O2. The van der Waals surface area contributed by atoms with Crippen molar-refractivity contribution in [3.8, 4) is 5.75 Å².